The Morgan fingerprint density at radius 1 is 1.19 bits per heavy atom. The molecule has 3 heterocycles. The summed E-state index contributed by atoms with van der Waals surface area (Å²) in [7, 11) is 0. The molecule has 21 heavy (non-hydrogen) atoms. The van der Waals surface area contributed by atoms with Crippen molar-refractivity contribution in [2.75, 3.05) is 0 Å². The van der Waals surface area contributed by atoms with Crippen molar-refractivity contribution in [1.82, 2.24) is 20.2 Å². The first kappa shape index (κ1) is 13.0. The van der Waals surface area contributed by atoms with Crippen molar-refractivity contribution < 1.29 is 4.79 Å². The Morgan fingerprint density at radius 3 is 2.90 bits per heavy atom. The molecule has 5 nitrogen and oxygen atoms in total. The minimum atomic E-state index is 0.129. The van der Waals surface area contributed by atoms with Crippen molar-refractivity contribution in [3.63, 3.8) is 0 Å². The summed E-state index contributed by atoms with van der Waals surface area (Å²) < 4.78 is 0. The third-order valence-corrected chi connectivity index (χ3v) is 5.28. The number of nitrogens with one attached hydrogen (secondary N) is 1. The second kappa shape index (κ2) is 5.28. The number of fused-ring (bicyclic) bond motifs is 4. The van der Waals surface area contributed by atoms with Crippen molar-refractivity contribution >= 4 is 6.03 Å². The van der Waals surface area contributed by atoms with Gasteiger partial charge in [-0.2, -0.15) is 0 Å². The number of urea groups is 1. The van der Waals surface area contributed by atoms with E-state index in [9.17, 15) is 4.79 Å². The molecule has 4 rings (SSSR count). The molecule has 5 heteroatoms. The van der Waals surface area contributed by atoms with Crippen molar-refractivity contribution in [1.29, 1.82) is 0 Å². The van der Waals surface area contributed by atoms with Crippen LogP contribution >= 0.6 is 0 Å². The number of carbonyl (C=O) groups excluding carboxylic acids is 1. The van der Waals surface area contributed by atoms with Crippen LogP contribution in [0.1, 0.15) is 62.2 Å². The van der Waals surface area contributed by atoms with Crippen LogP contribution in [0.15, 0.2) is 12.5 Å². The molecule has 2 amide bonds. The van der Waals surface area contributed by atoms with Crippen LogP contribution in [0.5, 0.6) is 0 Å². The fourth-order valence-corrected chi connectivity index (χ4v) is 4.23. The standard InChI is InChI=1S/C16H22N4O/c21-16(19-11-4-2-1-3-5-11)20-12-6-7-15(20)13-9-17-10-18-14(13)8-12/h9-12,15H,1-8H2,(H,19,21)/t12-,15+/m0/s1. The average Bonchev–Trinajstić information content (AvgIpc) is 2.84. The summed E-state index contributed by atoms with van der Waals surface area (Å²) in [4.78, 5) is 23.3. The molecule has 2 fully saturated rings. The van der Waals surface area contributed by atoms with Gasteiger partial charge in [0, 0.05) is 30.3 Å². The van der Waals surface area contributed by atoms with Crippen LogP contribution in [0.25, 0.3) is 0 Å². The summed E-state index contributed by atoms with van der Waals surface area (Å²) in [5, 5.41) is 3.27. The van der Waals surface area contributed by atoms with Crippen molar-refractivity contribution in [3.05, 3.63) is 23.8 Å². The maximum Gasteiger partial charge on any atom is 0.318 e. The second-order valence-electron chi connectivity index (χ2n) is 6.57. The minimum Gasteiger partial charge on any atom is -0.335 e. The van der Waals surface area contributed by atoms with Gasteiger partial charge in [-0.05, 0) is 25.7 Å². The van der Waals surface area contributed by atoms with E-state index >= 15 is 0 Å². The molecule has 2 bridgehead atoms. The molecule has 1 saturated carbocycles. The van der Waals surface area contributed by atoms with Gasteiger partial charge in [0.2, 0.25) is 0 Å². The highest BCUT2D eigenvalue weighted by atomic mass is 16.2. The van der Waals surface area contributed by atoms with Crippen molar-refractivity contribution in [3.8, 4) is 0 Å². The molecule has 3 aliphatic rings. The van der Waals surface area contributed by atoms with E-state index in [0.717, 1.165) is 43.4 Å². The highest BCUT2D eigenvalue weighted by Crippen LogP contribution is 2.42. The van der Waals surface area contributed by atoms with Gasteiger partial charge < -0.3 is 10.2 Å². The molecule has 112 valence electrons. The molecular weight excluding hydrogens is 264 g/mol. The molecule has 1 aromatic rings. The number of hydrogen-bond donors (Lipinski definition) is 1. The molecular formula is C16H22N4O. The number of rotatable bonds is 1. The van der Waals surface area contributed by atoms with E-state index in [1.54, 1.807) is 6.33 Å². The van der Waals surface area contributed by atoms with Gasteiger partial charge in [-0.1, -0.05) is 19.3 Å². The van der Waals surface area contributed by atoms with Crippen molar-refractivity contribution in [2.45, 2.75) is 69.5 Å². The zero-order chi connectivity index (χ0) is 14.2. The first-order valence-electron chi connectivity index (χ1n) is 8.20. The Kier molecular flexibility index (Phi) is 3.28. The predicted molar refractivity (Wildman–Crippen MR) is 78.7 cm³/mol. The maximum atomic E-state index is 12.7. The Labute approximate surface area is 125 Å². The van der Waals surface area contributed by atoms with Gasteiger partial charge in [0.05, 0.1) is 11.7 Å². The first-order chi connectivity index (χ1) is 10.3. The predicted octanol–water partition coefficient (Wildman–Crippen LogP) is 2.58. The van der Waals surface area contributed by atoms with Gasteiger partial charge in [0.1, 0.15) is 6.33 Å². The lowest BCUT2D eigenvalue weighted by Crippen LogP contribution is -2.50. The summed E-state index contributed by atoms with van der Waals surface area (Å²) in [6.07, 6.45) is 12.6. The summed E-state index contributed by atoms with van der Waals surface area (Å²) >= 11 is 0. The van der Waals surface area contributed by atoms with Crippen LogP contribution < -0.4 is 5.32 Å². The molecule has 0 radical (unpaired) electrons. The fraction of sp³-hybridized carbons (Fsp3) is 0.688. The lowest BCUT2D eigenvalue weighted by atomic mass is 9.95. The largest absolute Gasteiger partial charge is 0.335 e. The van der Waals surface area contributed by atoms with Crippen molar-refractivity contribution in [2.24, 2.45) is 0 Å². The molecule has 0 spiro atoms. The molecule has 2 aliphatic heterocycles. The normalized spacial score (nSPS) is 28.3. The zero-order valence-corrected chi connectivity index (χ0v) is 12.3. The topological polar surface area (TPSA) is 58.1 Å². The smallest absolute Gasteiger partial charge is 0.318 e. The lowest BCUT2D eigenvalue weighted by Gasteiger charge is -2.37. The molecule has 1 N–H and O–H groups in total. The molecule has 0 unspecified atom stereocenters. The second-order valence-corrected chi connectivity index (χ2v) is 6.57. The first-order valence-corrected chi connectivity index (χ1v) is 8.20. The van der Waals surface area contributed by atoms with E-state index < -0.39 is 0 Å². The van der Waals surface area contributed by atoms with Crippen LogP contribution in [0.2, 0.25) is 0 Å². The summed E-state index contributed by atoms with van der Waals surface area (Å²) in [6.45, 7) is 0. The van der Waals surface area contributed by atoms with E-state index in [1.807, 2.05) is 6.20 Å². The van der Waals surface area contributed by atoms with Gasteiger partial charge >= 0.3 is 6.03 Å². The SMILES string of the molecule is O=C(NC1CCCCC1)N1[C@H]2CC[C@@H]1c1cncnc1C2. The Bertz CT molecular complexity index is 541. The fourth-order valence-electron chi connectivity index (χ4n) is 4.23. The van der Waals surface area contributed by atoms with Gasteiger partial charge in [-0.15, -0.1) is 0 Å². The summed E-state index contributed by atoms with van der Waals surface area (Å²) in [5.74, 6) is 0. The molecule has 2 atom stereocenters. The van der Waals surface area contributed by atoms with E-state index in [1.165, 1.54) is 19.3 Å². The summed E-state index contributed by atoms with van der Waals surface area (Å²) in [5.41, 5.74) is 2.30. The third kappa shape index (κ3) is 2.28. The lowest BCUT2D eigenvalue weighted by molar-refractivity contribution is 0.158. The molecule has 1 aliphatic carbocycles. The number of carbonyl (C=O) groups is 1. The maximum absolute atomic E-state index is 12.7. The van der Waals surface area contributed by atoms with E-state index in [2.05, 4.69) is 20.2 Å². The van der Waals surface area contributed by atoms with Gasteiger partial charge in [0.25, 0.3) is 0 Å². The highest BCUT2D eigenvalue weighted by Gasteiger charge is 2.43. The zero-order valence-electron chi connectivity index (χ0n) is 12.3. The quantitative estimate of drug-likeness (QED) is 0.863. The van der Waals surface area contributed by atoms with Gasteiger partial charge in [-0.3, -0.25) is 0 Å². The van der Waals surface area contributed by atoms with E-state index in [4.69, 9.17) is 0 Å². The van der Waals surface area contributed by atoms with Gasteiger partial charge in [0.15, 0.2) is 0 Å². The number of amides is 2. The van der Waals surface area contributed by atoms with Crippen LogP contribution in [-0.2, 0) is 6.42 Å². The number of aromatic nitrogens is 2. The van der Waals surface area contributed by atoms with Crippen LogP contribution in [0.3, 0.4) is 0 Å². The summed E-state index contributed by atoms with van der Waals surface area (Å²) in [6, 6.07) is 1.01. The van der Waals surface area contributed by atoms with E-state index in [0.29, 0.717) is 12.1 Å². The Balaban J connectivity index is 1.52. The van der Waals surface area contributed by atoms with Gasteiger partial charge in [-0.25, -0.2) is 14.8 Å². The Morgan fingerprint density at radius 2 is 2.05 bits per heavy atom. The number of hydrogen-bond acceptors (Lipinski definition) is 3. The molecule has 0 aromatic carbocycles. The molecule has 1 aromatic heterocycles. The monoisotopic (exact) mass is 286 g/mol. The molecule has 1 saturated heterocycles. The minimum absolute atomic E-state index is 0.129. The average molecular weight is 286 g/mol. The van der Waals surface area contributed by atoms with Crippen LogP contribution in [0.4, 0.5) is 4.79 Å². The van der Waals surface area contributed by atoms with E-state index in [-0.39, 0.29) is 12.1 Å². The third-order valence-electron chi connectivity index (χ3n) is 5.28. The highest BCUT2D eigenvalue weighted by molar-refractivity contribution is 5.76. The van der Waals surface area contributed by atoms with Crippen LogP contribution in [0, 0.1) is 0 Å². The van der Waals surface area contributed by atoms with Crippen LogP contribution in [-0.4, -0.2) is 33.0 Å². The number of nitrogens with zero attached hydrogens (tertiary/aromatic N) is 3. The Hall–Kier alpha value is -1.65.